The van der Waals surface area contributed by atoms with Crippen molar-refractivity contribution in [2.75, 3.05) is 18.1 Å². The maximum atomic E-state index is 9.32. The minimum absolute atomic E-state index is 0.0736. The Bertz CT molecular complexity index is 431. The molecule has 1 atom stereocenters. The zero-order valence-corrected chi connectivity index (χ0v) is 12.2. The molecule has 18 heavy (non-hydrogen) atoms. The zero-order valence-electron chi connectivity index (χ0n) is 11.4. The smallest absolute Gasteiger partial charge is 0.0460 e. The van der Waals surface area contributed by atoms with Crippen LogP contribution in [0.5, 0.6) is 0 Å². The number of benzene rings is 1. The van der Waals surface area contributed by atoms with Crippen LogP contribution in [-0.4, -0.2) is 23.8 Å². The van der Waals surface area contributed by atoms with E-state index in [0.717, 1.165) is 30.0 Å². The molecule has 0 spiro atoms. The molecule has 1 aliphatic rings. The fourth-order valence-electron chi connectivity index (χ4n) is 2.92. The van der Waals surface area contributed by atoms with Gasteiger partial charge in [0.25, 0.3) is 0 Å². The van der Waals surface area contributed by atoms with Crippen LogP contribution in [0.4, 0.5) is 5.69 Å². The summed E-state index contributed by atoms with van der Waals surface area (Å²) in [6.45, 7) is 7.78. The molecule has 2 nitrogen and oxygen atoms in total. The molecule has 2 rings (SSSR count). The summed E-state index contributed by atoms with van der Waals surface area (Å²) in [6, 6.07) is 6.27. The number of piperidine rings is 1. The summed E-state index contributed by atoms with van der Waals surface area (Å²) in [5.74, 6) is 0.428. The number of nitrogens with zero attached hydrogens (tertiary/aromatic N) is 1. The second kappa shape index (κ2) is 5.10. The molecule has 0 aliphatic carbocycles. The Kier molecular flexibility index (Phi) is 3.88. The van der Waals surface area contributed by atoms with Gasteiger partial charge in [0.1, 0.15) is 0 Å². The van der Waals surface area contributed by atoms with Crippen LogP contribution in [0.3, 0.4) is 0 Å². The van der Waals surface area contributed by atoms with E-state index in [1.54, 1.807) is 0 Å². The molecule has 1 aliphatic heterocycles. The van der Waals surface area contributed by atoms with Crippen molar-refractivity contribution in [2.24, 2.45) is 5.92 Å². The van der Waals surface area contributed by atoms with E-state index in [1.807, 2.05) is 6.92 Å². The minimum Gasteiger partial charge on any atom is -0.396 e. The molecule has 1 aromatic rings. The Morgan fingerprint density at radius 3 is 2.72 bits per heavy atom. The summed E-state index contributed by atoms with van der Waals surface area (Å²) < 4.78 is 0. The Morgan fingerprint density at radius 2 is 2.17 bits per heavy atom. The second-order valence-corrected chi connectivity index (χ2v) is 6.35. The number of anilines is 1. The van der Waals surface area contributed by atoms with Gasteiger partial charge in [-0.25, -0.2) is 0 Å². The van der Waals surface area contributed by atoms with Crippen molar-refractivity contribution in [3.8, 4) is 0 Å². The number of hydrogen-bond donors (Lipinski definition) is 1. The Morgan fingerprint density at radius 1 is 1.44 bits per heavy atom. The lowest BCUT2D eigenvalue weighted by Crippen LogP contribution is -2.50. The Hall–Kier alpha value is -0.730. The molecule has 1 heterocycles. The van der Waals surface area contributed by atoms with Crippen molar-refractivity contribution in [3.05, 3.63) is 28.8 Å². The van der Waals surface area contributed by atoms with E-state index in [2.05, 4.69) is 36.9 Å². The molecule has 0 bridgehead atoms. The third kappa shape index (κ3) is 2.65. The molecular weight excluding hydrogens is 246 g/mol. The van der Waals surface area contributed by atoms with E-state index in [-0.39, 0.29) is 5.54 Å². The topological polar surface area (TPSA) is 23.5 Å². The first-order chi connectivity index (χ1) is 8.44. The summed E-state index contributed by atoms with van der Waals surface area (Å²) >= 11 is 6.22. The minimum atomic E-state index is 0.0736. The average molecular weight is 268 g/mol. The number of hydrogen-bond acceptors (Lipinski definition) is 2. The molecule has 1 saturated heterocycles. The van der Waals surface area contributed by atoms with Gasteiger partial charge in [-0.2, -0.15) is 0 Å². The number of aliphatic hydroxyl groups excluding tert-OH is 1. The molecule has 0 aromatic heterocycles. The van der Waals surface area contributed by atoms with Crippen molar-refractivity contribution in [1.82, 2.24) is 0 Å². The molecule has 1 N–H and O–H groups in total. The van der Waals surface area contributed by atoms with Gasteiger partial charge in [-0.1, -0.05) is 17.7 Å². The molecular formula is C15H22ClNO. The fourth-order valence-corrected chi connectivity index (χ4v) is 3.09. The van der Waals surface area contributed by atoms with Crippen molar-refractivity contribution in [2.45, 2.75) is 39.2 Å². The summed E-state index contributed by atoms with van der Waals surface area (Å²) in [5, 5.41) is 10.1. The highest BCUT2D eigenvalue weighted by Gasteiger charge is 2.34. The van der Waals surface area contributed by atoms with Crippen molar-refractivity contribution < 1.29 is 5.11 Å². The van der Waals surface area contributed by atoms with Gasteiger partial charge in [0.2, 0.25) is 0 Å². The quantitative estimate of drug-likeness (QED) is 0.884. The highest BCUT2D eigenvalue weighted by atomic mass is 35.5. The molecule has 1 aromatic carbocycles. The molecule has 0 radical (unpaired) electrons. The van der Waals surface area contributed by atoms with E-state index in [4.69, 9.17) is 11.6 Å². The number of rotatable bonds is 2. The lowest BCUT2D eigenvalue weighted by molar-refractivity contribution is 0.166. The van der Waals surface area contributed by atoms with Crippen LogP contribution >= 0.6 is 11.6 Å². The largest absolute Gasteiger partial charge is 0.396 e. The van der Waals surface area contributed by atoms with Crippen LogP contribution in [0.1, 0.15) is 32.3 Å². The summed E-state index contributed by atoms with van der Waals surface area (Å²) in [5.41, 5.74) is 2.37. The van der Waals surface area contributed by atoms with Crippen LogP contribution in [-0.2, 0) is 0 Å². The average Bonchev–Trinajstić information content (AvgIpc) is 2.31. The molecule has 0 amide bonds. The van der Waals surface area contributed by atoms with E-state index in [1.165, 1.54) is 5.69 Å². The lowest BCUT2D eigenvalue weighted by Gasteiger charge is -2.47. The van der Waals surface area contributed by atoms with Gasteiger partial charge in [0.05, 0.1) is 0 Å². The first-order valence-corrected chi connectivity index (χ1v) is 6.96. The highest BCUT2D eigenvalue weighted by Crippen LogP contribution is 2.36. The first-order valence-electron chi connectivity index (χ1n) is 6.58. The maximum Gasteiger partial charge on any atom is 0.0460 e. The number of aliphatic hydroxyl groups is 1. The second-order valence-electron chi connectivity index (χ2n) is 5.94. The van der Waals surface area contributed by atoms with E-state index >= 15 is 0 Å². The fraction of sp³-hybridized carbons (Fsp3) is 0.600. The normalized spacial score (nSPS) is 23.2. The molecule has 3 heteroatoms. The predicted octanol–water partition coefficient (Wildman–Crippen LogP) is 3.64. The zero-order chi connectivity index (χ0) is 13.3. The van der Waals surface area contributed by atoms with Crippen LogP contribution in [0.15, 0.2) is 18.2 Å². The van der Waals surface area contributed by atoms with Gasteiger partial charge in [-0.05, 0) is 57.2 Å². The summed E-state index contributed by atoms with van der Waals surface area (Å²) in [4.78, 5) is 2.41. The Balaban J connectivity index is 2.25. The van der Waals surface area contributed by atoms with E-state index in [0.29, 0.717) is 12.5 Å². The molecule has 100 valence electrons. The monoisotopic (exact) mass is 267 g/mol. The molecule has 1 unspecified atom stereocenters. The van der Waals surface area contributed by atoms with Gasteiger partial charge in [-0.15, -0.1) is 0 Å². The predicted molar refractivity (Wildman–Crippen MR) is 77.4 cm³/mol. The van der Waals surface area contributed by atoms with Gasteiger partial charge in [0, 0.05) is 29.4 Å². The number of aryl methyl sites for hydroxylation is 1. The molecule has 1 fully saturated rings. The van der Waals surface area contributed by atoms with Gasteiger partial charge in [0.15, 0.2) is 0 Å². The van der Waals surface area contributed by atoms with Crippen molar-refractivity contribution >= 4 is 17.3 Å². The highest BCUT2D eigenvalue weighted by molar-refractivity contribution is 6.31. The van der Waals surface area contributed by atoms with E-state index in [9.17, 15) is 5.11 Å². The van der Waals surface area contributed by atoms with Gasteiger partial charge in [-0.3, -0.25) is 0 Å². The van der Waals surface area contributed by atoms with Crippen LogP contribution in [0.25, 0.3) is 0 Å². The lowest BCUT2D eigenvalue weighted by atomic mass is 9.82. The SMILES string of the molecule is Cc1ccc(N2CCC(CO)CC2(C)C)cc1Cl. The van der Waals surface area contributed by atoms with Crippen LogP contribution < -0.4 is 4.90 Å². The van der Waals surface area contributed by atoms with Crippen molar-refractivity contribution in [1.29, 1.82) is 0 Å². The van der Waals surface area contributed by atoms with Gasteiger partial charge < -0.3 is 10.0 Å². The number of halogens is 1. The summed E-state index contributed by atoms with van der Waals surface area (Å²) in [6.07, 6.45) is 2.07. The third-order valence-electron chi connectivity index (χ3n) is 4.01. The van der Waals surface area contributed by atoms with Crippen molar-refractivity contribution in [3.63, 3.8) is 0 Å². The summed E-state index contributed by atoms with van der Waals surface area (Å²) in [7, 11) is 0. The van der Waals surface area contributed by atoms with Crippen LogP contribution in [0.2, 0.25) is 5.02 Å². The van der Waals surface area contributed by atoms with Crippen LogP contribution in [0, 0.1) is 12.8 Å². The Labute approximate surface area is 115 Å². The third-order valence-corrected chi connectivity index (χ3v) is 4.41. The van der Waals surface area contributed by atoms with Gasteiger partial charge >= 0.3 is 0 Å². The van der Waals surface area contributed by atoms with E-state index < -0.39 is 0 Å². The first kappa shape index (κ1) is 13.7. The standard InChI is InChI=1S/C15H22ClNO/c1-11-4-5-13(8-14(11)16)17-7-6-12(10-18)9-15(17,2)3/h4-5,8,12,18H,6-7,9-10H2,1-3H3. The maximum absolute atomic E-state index is 9.32. The molecule has 0 saturated carbocycles.